The fourth-order valence-electron chi connectivity index (χ4n) is 1.94. The lowest BCUT2D eigenvalue weighted by atomic mass is 10.1. The molecule has 1 fully saturated rings. The summed E-state index contributed by atoms with van der Waals surface area (Å²) in [5.41, 5.74) is 0.291. The van der Waals surface area contributed by atoms with Gasteiger partial charge in [-0.2, -0.15) is 11.8 Å². The molecule has 1 atom stereocenters. The molecule has 2 rings (SSSR count). The van der Waals surface area contributed by atoms with Gasteiger partial charge in [-0.15, -0.1) is 0 Å². The summed E-state index contributed by atoms with van der Waals surface area (Å²) in [6.45, 7) is 0.662. The van der Waals surface area contributed by atoms with Gasteiger partial charge in [0.05, 0.1) is 12.7 Å². The molecule has 1 heterocycles. The molecule has 1 aromatic carbocycles. The standard InChI is InChI=1S/C13H17NO3S/c1-17-9-4-5-11(12(15)7-9)13(16)14-8-10-3-2-6-18-10/h4-5,7,10,15H,2-3,6,8H2,1H3,(H,14,16). The molecule has 1 aromatic rings. The minimum Gasteiger partial charge on any atom is -0.507 e. The average molecular weight is 267 g/mol. The maximum Gasteiger partial charge on any atom is 0.255 e. The maximum atomic E-state index is 11.9. The van der Waals surface area contributed by atoms with Gasteiger partial charge in [-0.25, -0.2) is 0 Å². The zero-order chi connectivity index (χ0) is 13.0. The molecule has 1 unspecified atom stereocenters. The number of rotatable bonds is 4. The van der Waals surface area contributed by atoms with Gasteiger partial charge in [0.1, 0.15) is 11.5 Å². The number of phenolic OH excluding ortho intramolecular Hbond substituents is 1. The number of ether oxygens (including phenoxy) is 1. The summed E-state index contributed by atoms with van der Waals surface area (Å²) in [5, 5.41) is 13.1. The van der Waals surface area contributed by atoms with Gasteiger partial charge in [0.15, 0.2) is 0 Å². The molecular formula is C13H17NO3S. The number of nitrogens with one attached hydrogen (secondary N) is 1. The van der Waals surface area contributed by atoms with Crippen molar-refractivity contribution in [2.24, 2.45) is 0 Å². The van der Waals surface area contributed by atoms with Gasteiger partial charge in [-0.3, -0.25) is 4.79 Å². The molecule has 0 radical (unpaired) electrons. The number of benzene rings is 1. The smallest absolute Gasteiger partial charge is 0.255 e. The Labute approximate surface area is 111 Å². The van der Waals surface area contributed by atoms with Gasteiger partial charge in [-0.05, 0) is 30.7 Å². The Morgan fingerprint density at radius 3 is 3.06 bits per heavy atom. The van der Waals surface area contributed by atoms with E-state index in [2.05, 4.69) is 5.32 Å². The minimum absolute atomic E-state index is 0.0501. The van der Waals surface area contributed by atoms with Crippen LogP contribution in [0.4, 0.5) is 0 Å². The fourth-order valence-corrected chi connectivity index (χ4v) is 3.14. The van der Waals surface area contributed by atoms with Crippen LogP contribution in [0.3, 0.4) is 0 Å². The first-order valence-corrected chi connectivity index (χ1v) is 7.02. The quantitative estimate of drug-likeness (QED) is 0.876. The first-order valence-electron chi connectivity index (χ1n) is 5.97. The van der Waals surface area contributed by atoms with Crippen molar-refractivity contribution < 1.29 is 14.6 Å². The molecule has 0 saturated carbocycles. The number of methoxy groups -OCH3 is 1. The van der Waals surface area contributed by atoms with Gasteiger partial charge in [-0.1, -0.05) is 0 Å². The number of hydrogen-bond donors (Lipinski definition) is 2. The highest BCUT2D eigenvalue weighted by Gasteiger charge is 2.18. The third kappa shape index (κ3) is 3.10. The Bertz CT molecular complexity index is 430. The molecule has 0 aliphatic carbocycles. The molecule has 5 heteroatoms. The van der Waals surface area contributed by atoms with E-state index in [0.29, 0.717) is 23.1 Å². The second-order valence-corrected chi connectivity index (χ2v) is 5.64. The van der Waals surface area contributed by atoms with E-state index >= 15 is 0 Å². The van der Waals surface area contributed by atoms with Crippen molar-refractivity contribution in [3.63, 3.8) is 0 Å². The highest BCUT2D eigenvalue weighted by molar-refractivity contribution is 8.00. The summed E-state index contributed by atoms with van der Waals surface area (Å²) in [7, 11) is 1.52. The van der Waals surface area contributed by atoms with Crippen LogP contribution >= 0.6 is 11.8 Å². The van der Waals surface area contributed by atoms with Gasteiger partial charge >= 0.3 is 0 Å². The first kappa shape index (κ1) is 13.1. The van der Waals surface area contributed by atoms with Crippen LogP contribution in [0.15, 0.2) is 18.2 Å². The highest BCUT2D eigenvalue weighted by Crippen LogP contribution is 2.26. The van der Waals surface area contributed by atoms with E-state index in [1.807, 2.05) is 11.8 Å². The van der Waals surface area contributed by atoms with Gasteiger partial charge < -0.3 is 15.2 Å². The van der Waals surface area contributed by atoms with Crippen molar-refractivity contribution in [1.29, 1.82) is 0 Å². The van der Waals surface area contributed by atoms with Crippen LogP contribution in [0, 0.1) is 0 Å². The van der Waals surface area contributed by atoms with Crippen molar-refractivity contribution in [3.8, 4) is 11.5 Å². The summed E-state index contributed by atoms with van der Waals surface area (Å²) in [4.78, 5) is 11.9. The predicted octanol–water partition coefficient (Wildman–Crippen LogP) is 2.03. The van der Waals surface area contributed by atoms with Crippen LogP contribution in [0.1, 0.15) is 23.2 Å². The van der Waals surface area contributed by atoms with E-state index in [1.54, 1.807) is 12.1 Å². The molecule has 0 aromatic heterocycles. The number of carbonyl (C=O) groups is 1. The molecule has 1 saturated heterocycles. The van der Waals surface area contributed by atoms with Crippen LogP contribution in [-0.2, 0) is 0 Å². The van der Waals surface area contributed by atoms with Gasteiger partial charge in [0.25, 0.3) is 5.91 Å². The van der Waals surface area contributed by atoms with Crippen molar-refractivity contribution in [3.05, 3.63) is 23.8 Å². The molecule has 1 aliphatic heterocycles. The molecule has 0 spiro atoms. The first-order chi connectivity index (χ1) is 8.70. The molecule has 1 aliphatic rings. The monoisotopic (exact) mass is 267 g/mol. The SMILES string of the molecule is COc1ccc(C(=O)NCC2CCCS2)c(O)c1. The number of thioether (sulfide) groups is 1. The van der Waals surface area contributed by atoms with Crippen LogP contribution in [0.2, 0.25) is 0 Å². The number of hydrogen-bond acceptors (Lipinski definition) is 4. The van der Waals surface area contributed by atoms with Crippen LogP contribution < -0.4 is 10.1 Å². The van der Waals surface area contributed by atoms with E-state index in [0.717, 1.165) is 6.42 Å². The lowest BCUT2D eigenvalue weighted by molar-refractivity contribution is 0.0951. The fraction of sp³-hybridized carbons (Fsp3) is 0.462. The second-order valence-electron chi connectivity index (χ2n) is 4.23. The van der Waals surface area contributed by atoms with Crippen molar-refractivity contribution in [1.82, 2.24) is 5.32 Å². The predicted molar refractivity (Wildman–Crippen MR) is 72.5 cm³/mol. The summed E-state index contributed by atoms with van der Waals surface area (Å²) < 4.78 is 4.98. The van der Waals surface area contributed by atoms with Gasteiger partial charge in [0.2, 0.25) is 0 Å². The average Bonchev–Trinajstić information content (AvgIpc) is 2.88. The van der Waals surface area contributed by atoms with Crippen molar-refractivity contribution >= 4 is 17.7 Å². The van der Waals surface area contributed by atoms with E-state index in [4.69, 9.17) is 4.74 Å². The topological polar surface area (TPSA) is 58.6 Å². The summed E-state index contributed by atoms with van der Waals surface area (Å²) >= 11 is 1.89. The normalized spacial score (nSPS) is 18.6. The van der Waals surface area contributed by atoms with Crippen molar-refractivity contribution in [2.75, 3.05) is 19.4 Å². The Morgan fingerprint density at radius 1 is 1.61 bits per heavy atom. The number of phenols is 1. The molecule has 4 nitrogen and oxygen atoms in total. The third-order valence-electron chi connectivity index (χ3n) is 2.96. The van der Waals surface area contributed by atoms with E-state index < -0.39 is 0 Å². The molecule has 0 bridgehead atoms. The second kappa shape index (κ2) is 6.00. The Hall–Kier alpha value is -1.36. The number of carbonyl (C=O) groups excluding carboxylic acids is 1. The lowest BCUT2D eigenvalue weighted by Crippen LogP contribution is -2.29. The molecule has 98 valence electrons. The summed E-state index contributed by atoms with van der Waals surface area (Å²) in [5.74, 6) is 1.43. The van der Waals surface area contributed by atoms with Gasteiger partial charge in [0, 0.05) is 17.9 Å². The summed E-state index contributed by atoms with van der Waals surface area (Å²) in [6, 6.07) is 4.68. The van der Waals surface area contributed by atoms with Crippen LogP contribution in [-0.4, -0.2) is 35.7 Å². The molecule has 2 N–H and O–H groups in total. The molecular weight excluding hydrogens is 250 g/mol. The lowest BCUT2D eigenvalue weighted by Gasteiger charge is -2.11. The Kier molecular flexibility index (Phi) is 4.36. The third-order valence-corrected chi connectivity index (χ3v) is 4.36. The van der Waals surface area contributed by atoms with E-state index in [-0.39, 0.29) is 11.7 Å². The highest BCUT2D eigenvalue weighted by atomic mass is 32.2. The summed E-state index contributed by atoms with van der Waals surface area (Å²) in [6.07, 6.45) is 2.37. The van der Waals surface area contributed by atoms with E-state index in [9.17, 15) is 9.90 Å². The Morgan fingerprint density at radius 2 is 2.44 bits per heavy atom. The largest absolute Gasteiger partial charge is 0.507 e. The zero-order valence-electron chi connectivity index (χ0n) is 10.3. The van der Waals surface area contributed by atoms with Crippen molar-refractivity contribution in [2.45, 2.75) is 18.1 Å². The van der Waals surface area contributed by atoms with E-state index in [1.165, 1.54) is 25.3 Å². The van der Waals surface area contributed by atoms with Crippen LogP contribution in [0.5, 0.6) is 11.5 Å². The number of aromatic hydroxyl groups is 1. The number of amides is 1. The molecule has 1 amide bonds. The maximum absolute atomic E-state index is 11.9. The van der Waals surface area contributed by atoms with Crippen LogP contribution in [0.25, 0.3) is 0 Å². The Balaban J connectivity index is 1.95. The zero-order valence-corrected chi connectivity index (χ0v) is 11.1. The molecule has 18 heavy (non-hydrogen) atoms. The minimum atomic E-state index is -0.234.